The number of fused-ring (bicyclic) bond motifs is 1. The number of benzene rings is 1. The van der Waals surface area contributed by atoms with Gasteiger partial charge in [-0.25, -0.2) is 14.8 Å². The van der Waals surface area contributed by atoms with Gasteiger partial charge in [0.05, 0.1) is 4.47 Å². The Morgan fingerprint density at radius 2 is 1.84 bits per heavy atom. The summed E-state index contributed by atoms with van der Waals surface area (Å²) < 4.78 is 51.2. The van der Waals surface area contributed by atoms with Gasteiger partial charge < -0.3 is 19.3 Å². The van der Waals surface area contributed by atoms with Crippen molar-refractivity contribution in [3.63, 3.8) is 0 Å². The molecule has 1 aromatic heterocycles. The van der Waals surface area contributed by atoms with Crippen LogP contribution in [0.1, 0.15) is 64.6 Å². The first-order chi connectivity index (χ1) is 17.7. The summed E-state index contributed by atoms with van der Waals surface area (Å²) in [4.78, 5) is 26.1. The summed E-state index contributed by atoms with van der Waals surface area (Å²) in [5, 5.41) is 0.692. The van der Waals surface area contributed by atoms with E-state index in [9.17, 15) is 18.0 Å². The predicted molar refractivity (Wildman–Crippen MR) is 150 cm³/mol. The molecule has 3 heterocycles. The number of anilines is 1. The largest absolute Gasteiger partial charge is 0.481 e. The third-order valence-electron chi connectivity index (χ3n) is 7.52. The topological polar surface area (TPSA) is 67.8 Å². The number of rotatable bonds is 4. The van der Waals surface area contributed by atoms with Crippen molar-refractivity contribution in [1.82, 2.24) is 14.9 Å². The Labute approximate surface area is 242 Å². The highest BCUT2D eigenvalue weighted by atomic mass is 127. The van der Waals surface area contributed by atoms with Gasteiger partial charge in [-0.1, -0.05) is 6.42 Å². The predicted octanol–water partition coefficient (Wildman–Crippen LogP) is 7.04. The van der Waals surface area contributed by atoms with Gasteiger partial charge in [-0.2, -0.15) is 13.2 Å². The second-order valence-corrected chi connectivity index (χ2v) is 13.6. The highest BCUT2D eigenvalue weighted by Gasteiger charge is 2.48. The van der Waals surface area contributed by atoms with Crippen molar-refractivity contribution < 1.29 is 27.4 Å². The van der Waals surface area contributed by atoms with Crippen molar-refractivity contribution in [3.8, 4) is 5.75 Å². The Morgan fingerprint density at radius 3 is 2.39 bits per heavy atom. The molecule has 0 unspecified atom stereocenters. The minimum absolute atomic E-state index is 0.0610. The normalized spacial score (nSPS) is 19.9. The van der Waals surface area contributed by atoms with Gasteiger partial charge >= 0.3 is 12.3 Å². The lowest BCUT2D eigenvalue weighted by Gasteiger charge is -2.53. The lowest BCUT2D eigenvalue weighted by atomic mass is 9.72. The molecule has 0 radical (unpaired) electrons. The Kier molecular flexibility index (Phi) is 7.45. The SMILES string of the molecule is CC(C)(C)OC(=O)N1CC2(CCN(c3nc(C4CCC4)nc4c(OCC(F)(F)F)c(Br)c(I)cc34)CC2)C1. The van der Waals surface area contributed by atoms with E-state index in [0.717, 1.165) is 54.6 Å². The number of piperidine rings is 1. The molecule has 2 saturated heterocycles. The maximum atomic E-state index is 13.1. The summed E-state index contributed by atoms with van der Waals surface area (Å²) in [7, 11) is 0. The molecule has 1 aromatic carbocycles. The lowest BCUT2D eigenvalue weighted by Crippen LogP contribution is -2.62. The summed E-state index contributed by atoms with van der Waals surface area (Å²) in [5.41, 5.74) is -0.0516. The monoisotopic (exact) mass is 710 g/mol. The van der Waals surface area contributed by atoms with Crippen molar-refractivity contribution >= 4 is 61.3 Å². The number of amides is 1. The van der Waals surface area contributed by atoms with Gasteiger partial charge in [-0.3, -0.25) is 0 Å². The Hall–Kier alpha value is -1.57. The Bertz CT molecular complexity index is 1230. The van der Waals surface area contributed by atoms with Crippen LogP contribution in [0.25, 0.3) is 10.9 Å². The van der Waals surface area contributed by atoms with E-state index in [0.29, 0.717) is 34.3 Å². The summed E-state index contributed by atoms with van der Waals surface area (Å²) in [6, 6.07) is 1.91. The van der Waals surface area contributed by atoms with Crippen LogP contribution in [0.2, 0.25) is 0 Å². The Morgan fingerprint density at radius 1 is 1.18 bits per heavy atom. The zero-order valence-electron chi connectivity index (χ0n) is 21.6. The fourth-order valence-corrected chi connectivity index (χ4v) is 6.26. The van der Waals surface area contributed by atoms with Crippen LogP contribution in [0.15, 0.2) is 10.5 Å². The minimum atomic E-state index is -4.46. The number of carbonyl (C=O) groups excluding carboxylic acids is 1. The number of hydrogen-bond acceptors (Lipinski definition) is 6. The zero-order chi connectivity index (χ0) is 27.5. The standard InChI is InChI=1S/C26H31BrF3IN4O3/c1-24(2,3)38-23(36)35-12-25(13-35)7-9-34(10-8-25)22-16-11-17(31)18(27)20(37-14-26(28,29)30)19(16)32-21(33-22)15-5-4-6-15/h11,15H,4-10,12-14H2,1-3H3. The zero-order valence-corrected chi connectivity index (χ0v) is 25.4. The summed E-state index contributed by atoms with van der Waals surface area (Å²) in [6.07, 6.45) is 0.0804. The van der Waals surface area contributed by atoms with Gasteiger partial charge in [-0.05, 0) is 91.0 Å². The maximum Gasteiger partial charge on any atom is 0.422 e. The van der Waals surface area contributed by atoms with Crippen molar-refractivity contribution in [2.75, 3.05) is 37.7 Å². The molecule has 3 aliphatic rings. The van der Waals surface area contributed by atoms with Gasteiger partial charge in [0.15, 0.2) is 12.4 Å². The third-order valence-corrected chi connectivity index (χ3v) is 9.90. The number of ether oxygens (including phenoxy) is 2. The summed E-state index contributed by atoms with van der Waals surface area (Å²) in [5.74, 6) is 1.73. The van der Waals surface area contributed by atoms with Crippen LogP contribution in [-0.4, -0.2) is 65.5 Å². The van der Waals surface area contributed by atoms with Gasteiger partial charge in [0, 0.05) is 46.5 Å². The molecule has 0 bridgehead atoms. The molecular formula is C26H31BrF3IN4O3. The quantitative estimate of drug-likeness (QED) is 0.317. The number of hydrogen-bond donors (Lipinski definition) is 0. The van der Waals surface area contributed by atoms with E-state index in [1.54, 1.807) is 4.90 Å². The lowest BCUT2D eigenvalue weighted by molar-refractivity contribution is -0.153. The molecule has 0 atom stereocenters. The molecule has 1 saturated carbocycles. The minimum Gasteiger partial charge on any atom is -0.481 e. The van der Waals surface area contributed by atoms with Crippen LogP contribution in [-0.2, 0) is 4.74 Å². The first-order valence-corrected chi connectivity index (χ1v) is 14.7. The fraction of sp³-hybridized carbons (Fsp3) is 0.654. The average molecular weight is 711 g/mol. The molecule has 5 rings (SSSR count). The second kappa shape index (κ2) is 10.1. The highest BCUT2D eigenvalue weighted by Crippen LogP contribution is 2.46. The average Bonchev–Trinajstić information content (AvgIpc) is 2.75. The van der Waals surface area contributed by atoms with Crippen LogP contribution in [0, 0.1) is 8.99 Å². The first-order valence-electron chi connectivity index (χ1n) is 12.9. The van der Waals surface area contributed by atoms with E-state index in [2.05, 4.69) is 43.4 Å². The molecule has 1 spiro atoms. The van der Waals surface area contributed by atoms with E-state index < -0.39 is 18.4 Å². The first kappa shape index (κ1) is 28.0. The van der Waals surface area contributed by atoms with Crippen LogP contribution < -0.4 is 9.64 Å². The molecule has 12 heteroatoms. The molecule has 3 fully saturated rings. The van der Waals surface area contributed by atoms with E-state index in [4.69, 9.17) is 19.4 Å². The number of aromatic nitrogens is 2. The Balaban J connectivity index is 1.41. The molecule has 208 valence electrons. The number of carbonyl (C=O) groups is 1. The smallest absolute Gasteiger partial charge is 0.422 e. The number of alkyl halides is 3. The molecule has 1 aliphatic carbocycles. The molecule has 2 aromatic rings. The number of halogens is 5. The second-order valence-electron chi connectivity index (χ2n) is 11.7. The van der Waals surface area contributed by atoms with Gasteiger partial charge in [-0.15, -0.1) is 0 Å². The molecule has 1 amide bonds. The van der Waals surface area contributed by atoms with Crippen LogP contribution in [0.3, 0.4) is 0 Å². The van der Waals surface area contributed by atoms with E-state index >= 15 is 0 Å². The molecule has 2 aliphatic heterocycles. The maximum absolute atomic E-state index is 13.1. The van der Waals surface area contributed by atoms with Gasteiger partial charge in [0.1, 0.15) is 22.8 Å². The van der Waals surface area contributed by atoms with Crippen LogP contribution in [0.4, 0.5) is 23.8 Å². The van der Waals surface area contributed by atoms with Gasteiger partial charge in [0.2, 0.25) is 0 Å². The van der Waals surface area contributed by atoms with Crippen molar-refractivity contribution in [2.24, 2.45) is 5.41 Å². The van der Waals surface area contributed by atoms with Gasteiger partial charge in [0.25, 0.3) is 0 Å². The van der Waals surface area contributed by atoms with Crippen molar-refractivity contribution in [3.05, 3.63) is 19.9 Å². The highest BCUT2D eigenvalue weighted by molar-refractivity contribution is 14.1. The van der Waals surface area contributed by atoms with Crippen molar-refractivity contribution in [2.45, 2.75) is 70.6 Å². The summed E-state index contributed by atoms with van der Waals surface area (Å²) in [6.45, 7) is 7.03. The molecule has 0 N–H and O–H groups in total. The number of nitrogens with zero attached hydrogens (tertiary/aromatic N) is 4. The number of likely N-dealkylation sites (tertiary alicyclic amines) is 1. The van der Waals surface area contributed by atoms with Crippen LogP contribution in [0.5, 0.6) is 5.75 Å². The van der Waals surface area contributed by atoms with E-state index in [1.807, 2.05) is 26.8 Å². The van der Waals surface area contributed by atoms with Crippen molar-refractivity contribution in [1.29, 1.82) is 0 Å². The summed E-state index contributed by atoms with van der Waals surface area (Å²) >= 11 is 5.53. The molecule has 7 nitrogen and oxygen atoms in total. The van der Waals surface area contributed by atoms with E-state index in [1.165, 1.54) is 0 Å². The van der Waals surface area contributed by atoms with E-state index in [-0.39, 0.29) is 23.2 Å². The molecular weight excluding hydrogens is 680 g/mol. The van der Waals surface area contributed by atoms with Crippen LogP contribution >= 0.6 is 38.5 Å². The third kappa shape index (κ3) is 5.80. The molecule has 38 heavy (non-hydrogen) atoms. The fourth-order valence-electron chi connectivity index (χ4n) is 5.29.